The van der Waals surface area contributed by atoms with Gasteiger partial charge in [0.25, 0.3) is 5.91 Å². The van der Waals surface area contributed by atoms with Crippen molar-refractivity contribution in [2.24, 2.45) is 0 Å². The number of imidazole rings is 1. The number of hydrogen-bond acceptors (Lipinski definition) is 3. The van der Waals surface area contributed by atoms with E-state index in [2.05, 4.69) is 26.2 Å². The zero-order valence-electron chi connectivity index (χ0n) is 13.1. The fourth-order valence-electron chi connectivity index (χ4n) is 2.23. The number of rotatable bonds is 5. The third-order valence-electron chi connectivity index (χ3n) is 3.47. The summed E-state index contributed by atoms with van der Waals surface area (Å²) < 4.78 is 8.40. The molecule has 0 unspecified atom stereocenters. The van der Waals surface area contributed by atoms with E-state index >= 15 is 0 Å². The minimum atomic E-state index is -0.195. The Morgan fingerprint density at radius 3 is 2.71 bits per heavy atom. The second kappa shape index (κ2) is 7.31. The van der Waals surface area contributed by atoms with Gasteiger partial charge in [-0.2, -0.15) is 0 Å². The molecule has 0 fully saturated rings. The van der Waals surface area contributed by atoms with Crippen LogP contribution in [-0.4, -0.2) is 22.1 Å². The van der Waals surface area contributed by atoms with Crippen molar-refractivity contribution in [1.82, 2.24) is 9.55 Å². The first-order valence-corrected chi connectivity index (χ1v) is 8.18. The molecule has 1 amide bonds. The molecule has 0 radical (unpaired) electrons. The van der Waals surface area contributed by atoms with Gasteiger partial charge in [-0.05, 0) is 55.0 Å². The van der Waals surface area contributed by atoms with Gasteiger partial charge in [0.15, 0.2) is 6.61 Å². The highest BCUT2D eigenvalue weighted by atomic mass is 79.9. The maximum atomic E-state index is 12.0. The first-order valence-electron chi connectivity index (χ1n) is 7.39. The standard InChI is InChI=1S/C18H16BrN3O2/c1-13-10-14(19)2-7-17(13)21-18(23)11-24-16-5-3-15(4-6-16)22-9-8-20-12-22/h2-10,12H,11H2,1H3,(H,21,23). The summed E-state index contributed by atoms with van der Waals surface area (Å²) in [7, 11) is 0. The molecule has 0 saturated carbocycles. The Morgan fingerprint density at radius 1 is 1.25 bits per heavy atom. The van der Waals surface area contributed by atoms with Crippen LogP contribution in [0.4, 0.5) is 5.69 Å². The van der Waals surface area contributed by atoms with Crippen molar-refractivity contribution < 1.29 is 9.53 Å². The molecule has 3 rings (SSSR count). The largest absolute Gasteiger partial charge is 0.484 e. The third-order valence-corrected chi connectivity index (χ3v) is 3.96. The van der Waals surface area contributed by atoms with Crippen LogP contribution in [0.1, 0.15) is 5.56 Å². The molecule has 0 bridgehead atoms. The van der Waals surface area contributed by atoms with E-state index in [9.17, 15) is 4.79 Å². The van der Waals surface area contributed by atoms with Crippen LogP contribution in [0, 0.1) is 6.92 Å². The number of nitrogens with zero attached hydrogens (tertiary/aromatic N) is 2. The van der Waals surface area contributed by atoms with E-state index in [4.69, 9.17) is 4.74 Å². The van der Waals surface area contributed by atoms with Crippen molar-refractivity contribution in [1.29, 1.82) is 0 Å². The van der Waals surface area contributed by atoms with Crippen LogP contribution >= 0.6 is 15.9 Å². The molecular weight excluding hydrogens is 370 g/mol. The summed E-state index contributed by atoms with van der Waals surface area (Å²) in [5.74, 6) is 0.445. The monoisotopic (exact) mass is 385 g/mol. The highest BCUT2D eigenvalue weighted by molar-refractivity contribution is 9.10. The number of carbonyl (C=O) groups is 1. The third kappa shape index (κ3) is 4.02. The van der Waals surface area contributed by atoms with E-state index in [0.717, 1.165) is 21.4 Å². The van der Waals surface area contributed by atoms with Gasteiger partial charge in [0.05, 0.1) is 6.33 Å². The van der Waals surface area contributed by atoms with Crippen molar-refractivity contribution in [3.8, 4) is 11.4 Å². The molecule has 0 aliphatic heterocycles. The molecular formula is C18H16BrN3O2. The van der Waals surface area contributed by atoms with Crippen molar-refractivity contribution in [2.45, 2.75) is 6.92 Å². The van der Waals surface area contributed by atoms with Crippen LogP contribution in [0.25, 0.3) is 5.69 Å². The van der Waals surface area contributed by atoms with Crippen molar-refractivity contribution in [3.05, 3.63) is 71.2 Å². The predicted octanol–water partition coefficient (Wildman–Crippen LogP) is 3.96. The van der Waals surface area contributed by atoms with Crippen molar-refractivity contribution >= 4 is 27.5 Å². The number of ether oxygens (including phenoxy) is 1. The number of aromatic nitrogens is 2. The lowest BCUT2D eigenvalue weighted by atomic mass is 10.2. The van der Waals surface area contributed by atoms with E-state index in [1.54, 1.807) is 12.5 Å². The fourth-order valence-corrected chi connectivity index (χ4v) is 2.70. The van der Waals surface area contributed by atoms with Crippen LogP contribution < -0.4 is 10.1 Å². The van der Waals surface area contributed by atoms with Crippen LogP contribution in [0.15, 0.2) is 65.7 Å². The lowest BCUT2D eigenvalue weighted by molar-refractivity contribution is -0.118. The zero-order valence-corrected chi connectivity index (χ0v) is 14.7. The van der Waals surface area contributed by atoms with E-state index < -0.39 is 0 Å². The predicted molar refractivity (Wildman–Crippen MR) is 96.6 cm³/mol. The van der Waals surface area contributed by atoms with Crippen LogP contribution in [0.5, 0.6) is 5.75 Å². The molecule has 1 aromatic heterocycles. The fraction of sp³-hybridized carbons (Fsp3) is 0.111. The number of nitrogens with one attached hydrogen (secondary N) is 1. The second-order valence-corrected chi connectivity index (χ2v) is 6.18. The molecule has 122 valence electrons. The van der Waals surface area contributed by atoms with Crippen LogP contribution in [-0.2, 0) is 4.79 Å². The summed E-state index contributed by atoms with van der Waals surface area (Å²) in [6, 6.07) is 13.2. The normalized spacial score (nSPS) is 10.4. The highest BCUT2D eigenvalue weighted by Gasteiger charge is 2.06. The van der Waals surface area contributed by atoms with E-state index in [-0.39, 0.29) is 12.5 Å². The van der Waals surface area contributed by atoms with Crippen LogP contribution in [0.2, 0.25) is 0 Å². The molecule has 3 aromatic rings. The van der Waals surface area contributed by atoms with E-state index in [1.165, 1.54) is 0 Å². The molecule has 0 aliphatic carbocycles. The molecule has 6 heteroatoms. The number of aryl methyl sites for hydroxylation is 1. The second-order valence-electron chi connectivity index (χ2n) is 5.26. The Morgan fingerprint density at radius 2 is 2.04 bits per heavy atom. The molecule has 0 spiro atoms. The average molecular weight is 386 g/mol. The number of hydrogen-bond donors (Lipinski definition) is 1. The number of anilines is 1. The number of carbonyl (C=O) groups excluding carboxylic acids is 1. The number of amides is 1. The Hall–Kier alpha value is -2.60. The quantitative estimate of drug-likeness (QED) is 0.722. The minimum absolute atomic E-state index is 0.0417. The average Bonchev–Trinajstić information content (AvgIpc) is 3.11. The van der Waals surface area contributed by atoms with Gasteiger partial charge in [0, 0.05) is 28.2 Å². The Labute approximate surface area is 148 Å². The first kappa shape index (κ1) is 16.3. The maximum Gasteiger partial charge on any atom is 0.262 e. The van der Waals surface area contributed by atoms with Gasteiger partial charge in [0.2, 0.25) is 0 Å². The summed E-state index contributed by atoms with van der Waals surface area (Å²) in [5.41, 5.74) is 2.75. The van der Waals surface area contributed by atoms with Gasteiger partial charge in [-0.3, -0.25) is 4.79 Å². The molecule has 0 atom stereocenters. The van der Waals surface area contributed by atoms with E-state index in [1.807, 2.05) is 60.2 Å². The summed E-state index contributed by atoms with van der Waals surface area (Å²) >= 11 is 3.40. The number of benzene rings is 2. The molecule has 1 heterocycles. The smallest absolute Gasteiger partial charge is 0.262 e. The molecule has 1 N–H and O–H groups in total. The zero-order chi connectivity index (χ0) is 16.9. The van der Waals surface area contributed by atoms with Gasteiger partial charge in [0.1, 0.15) is 5.75 Å². The van der Waals surface area contributed by atoms with E-state index in [0.29, 0.717) is 5.75 Å². The first-order chi connectivity index (χ1) is 11.6. The summed E-state index contributed by atoms with van der Waals surface area (Å²) in [4.78, 5) is 16.0. The molecule has 0 aliphatic rings. The molecule has 0 saturated heterocycles. The highest BCUT2D eigenvalue weighted by Crippen LogP contribution is 2.20. The maximum absolute atomic E-state index is 12.0. The van der Waals surface area contributed by atoms with Gasteiger partial charge < -0.3 is 14.6 Å². The van der Waals surface area contributed by atoms with Gasteiger partial charge in [-0.15, -0.1) is 0 Å². The molecule has 5 nitrogen and oxygen atoms in total. The van der Waals surface area contributed by atoms with Crippen LogP contribution in [0.3, 0.4) is 0 Å². The summed E-state index contributed by atoms with van der Waals surface area (Å²) in [6.45, 7) is 1.90. The summed E-state index contributed by atoms with van der Waals surface area (Å²) in [5, 5.41) is 2.84. The lowest BCUT2D eigenvalue weighted by Gasteiger charge is -2.10. The number of halogens is 1. The van der Waals surface area contributed by atoms with Crippen molar-refractivity contribution in [3.63, 3.8) is 0 Å². The minimum Gasteiger partial charge on any atom is -0.484 e. The Kier molecular flexibility index (Phi) is 4.96. The van der Waals surface area contributed by atoms with Crippen molar-refractivity contribution in [2.75, 3.05) is 11.9 Å². The Balaban J connectivity index is 1.56. The Bertz CT molecular complexity index is 830. The summed E-state index contributed by atoms with van der Waals surface area (Å²) in [6.07, 6.45) is 5.31. The SMILES string of the molecule is Cc1cc(Br)ccc1NC(=O)COc1ccc(-n2ccnc2)cc1. The molecule has 2 aromatic carbocycles. The lowest BCUT2D eigenvalue weighted by Crippen LogP contribution is -2.20. The van der Waals surface area contributed by atoms with Gasteiger partial charge >= 0.3 is 0 Å². The van der Waals surface area contributed by atoms with Gasteiger partial charge in [-0.25, -0.2) is 4.98 Å². The topological polar surface area (TPSA) is 56.1 Å². The van der Waals surface area contributed by atoms with Gasteiger partial charge in [-0.1, -0.05) is 15.9 Å². The molecule has 24 heavy (non-hydrogen) atoms.